The number of piperazine rings is 1. The van der Waals surface area contributed by atoms with Gasteiger partial charge in [-0.05, 0) is 47.7 Å². The second-order valence-corrected chi connectivity index (χ2v) is 9.97. The molecule has 1 saturated heterocycles. The summed E-state index contributed by atoms with van der Waals surface area (Å²) in [6.07, 6.45) is 1.25. The van der Waals surface area contributed by atoms with Crippen LogP contribution in [0.5, 0.6) is 0 Å². The minimum absolute atomic E-state index is 0.00303. The molecule has 0 bridgehead atoms. The number of fused-ring (bicyclic) bond motifs is 3. The Balaban J connectivity index is 1.35. The van der Waals surface area contributed by atoms with Crippen LogP contribution in [0, 0.1) is 16.0 Å². The number of hydrogen-bond acceptors (Lipinski definition) is 5. The van der Waals surface area contributed by atoms with Crippen molar-refractivity contribution < 1.29 is 9.72 Å². The number of rotatable bonds is 7. The van der Waals surface area contributed by atoms with Crippen LogP contribution in [-0.4, -0.2) is 48.0 Å². The topological polar surface area (TPSA) is 78.7 Å². The van der Waals surface area contributed by atoms with E-state index in [1.54, 1.807) is 12.1 Å². The van der Waals surface area contributed by atoms with E-state index in [2.05, 4.69) is 27.2 Å². The fourth-order valence-electron chi connectivity index (χ4n) is 5.38. The molecule has 3 aromatic carbocycles. The van der Waals surface area contributed by atoms with Gasteiger partial charge in [0.25, 0.3) is 5.69 Å². The highest BCUT2D eigenvalue weighted by Crippen LogP contribution is 2.38. The summed E-state index contributed by atoms with van der Waals surface area (Å²) in [6, 6.07) is 23.0. The third-order valence-corrected chi connectivity index (χ3v) is 7.45. The number of carbonyl (C=O) groups is 1. The van der Waals surface area contributed by atoms with Crippen molar-refractivity contribution in [3.63, 3.8) is 0 Å². The van der Waals surface area contributed by atoms with Gasteiger partial charge < -0.3 is 10.2 Å². The average Bonchev–Trinajstić information content (AvgIpc) is 2.89. The van der Waals surface area contributed by atoms with Gasteiger partial charge in [-0.3, -0.25) is 19.8 Å². The molecule has 1 fully saturated rings. The molecule has 0 aliphatic carbocycles. The summed E-state index contributed by atoms with van der Waals surface area (Å²) in [4.78, 5) is 29.2. The zero-order valence-corrected chi connectivity index (χ0v) is 20.7. The minimum Gasteiger partial charge on any atom is -0.365 e. The molecule has 5 rings (SSSR count). The molecule has 2 aliphatic rings. The summed E-state index contributed by atoms with van der Waals surface area (Å²) >= 11 is 6.05. The van der Waals surface area contributed by atoms with Gasteiger partial charge in [-0.1, -0.05) is 54.1 Å². The van der Waals surface area contributed by atoms with Crippen LogP contribution in [0.25, 0.3) is 0 Å². The number of nitrogens with zero attached hydrogens (tertiary/aromatic N) is 3. The van der Waals surface area contributed by atoms with Crippen LogP contribution in [0.4, 0.5) is 11.4 Å². The molecule has 0 saturated carbocycles. The molecular formula is C28H29ClN4O3. The number of non-ortho nitro benzene ring substituents is 1. The predicted molar refractivity (Wildman–Crippen MR) is 141 cm³/mol. The van der Waals surface area contributed by atoms with Crippen LogP contribution in [0.3, 0.4) is 0 Å². The van der Waals surface area contributed by atoms with E-state index in [9.17, 15) is 14.9 Å². The molecule has 0 radical (unpaired) electrons. The van der Waals surface area contributed by atoms with E-state index in [0.717, 1.165) is 43.9 Å². The Morgan fingerprint density at radius 1 is 1.03 bits per heavy atom. The van der Waals surface area contributed by atoms with Gasteiger partial charge >= 0.3 is 0 Å². The maximum Gasteiger partial charge on any atom is 0.269 e. The molecular weight excluding hydrogens is 476 g/mol. The van der Waals surface area contributed by atoms with Gasteiger partial charge in [-0.25, -0.2) is 0 Å². The van der Waals surface area contributed by atoms with Crippen molar-refractivity contribution in [3.05, 3.63) is 105 Å². The number of anilines is 1. The summed E-state index contributed by atoms with van der Waals surface area (Å²) in [7, 11) is 0. The summed E-state index contributed by atoms with van der Waals surface area (Å²) in [6.45, 7) is 3.70. The molecule has 2 aliphatic heterocycles. The van der Waals surface area contributed by atoms with Crippen LogP contribution < -0.4 is 10.2 Å². The summed E-state index contributed by atoms with van der Waals surface area (Å²) in [5.74, 6) is -0.283. The molecule has 2 atom stereocenters. The third-order valence-electron chi connectivity index (χ3n) is 7.20. The third kappa shape index (κ3) is 5.37. The van der Waals surface area contributed by atoms with E-state index in [1.165, 1.54) is 11.1 Å². The van der Waals surface area contributed by atoms with Crippen LogP contribution in [0.15, 0.2) is 72.8 Å². The summed E-state index contributed by atoms with van der Waals surface area (Å²) in [5, 5.41) is 15.3. The quantitative estimate of drug-likeness (QED) is 0.379. The van der Waals surface area contributed by atoms with E-state index < -0.39 is 0 Å². The van der Waals surface area contributed by atoms with Gasteiger partial charge in [-0.15, -0.1) is 0 Å². The van der Waals surface area contributed by atoms with E-state index in [-0.39, 0.29) is 28.5 Å². The molecule has 1 N–H and O–H groups in total. The average molecular weight is 505 g/mol. The van der Waals surface area contributed by atoms with Crippen molar-refractivity contribution in [2.75, 3.05) is 31.1 Å². The fourth-order valence-corrected chi connectivity index (χ4v) is 5.51. The number of nitrogens with one attached hydrogen (secondary N) is 1. The molecule has 0 aromatic heterocycles. The summed E-state index contributed by atoms with van der Waals surface area (Å²) < 4.78 is 0. The number of nitro groups is 1. The number of nitro benzene ring substituents is 1. The van der Waals surface area contributed by atoms with Gasteiger partial charge in [-0.2, -0.15) is 0 Å². The molecule has 186 valence electrons. The number of amides is 1. The van der Waals surface area contributed by atoms with Gasteiger partial charge in [0.2, 0.25) is 5.91 Å². The van der Waals surface area contributed by atoms with Crippen molar-refractivity contribution in [1.29, 1.82) is 0 Å². The van der Waals surface area contributed by atoms with Gasteiger partial charge in [0.05, 0.1) is 16.9 Å². The monoisotopic (exact) mass is 504 g/mol. The standard InChI is InChI=1S/C28H29ClN4O3/c29-23-8-6-21(7-9-23)18-31-14-15-32-26-11-10-24(33(35)36)16-22(26)17-25(27(32)19-31)28(34)30-13-12-20-4-2-1-3-5-20/h1-11,16,25,27H,12-15,17-19H2,(H,30,34)/t25-,27-/m1/s1. The lowest BCUT2D eigenvalue weighted by Crippen LogP contribution is -2.61. The zero-order valence-electron chi connectivity index (χ0n) is 20.0. The highest BCUT2D eigenvalue weighted by molar-refractivity contribution is 6.30. The van der Waals surface area contributed by atoms with Crippen LogP contribution >= 0.6 is 11.6 Å². The molecule has 1 amide bonds. The number of hydrogen-bond donors (Lipinski definition) is 1. The van der Waals surface area contributed by atoms with Gasteiger partial charge in [0.1, 0.15) is 0 Å². The Kier molecular flexibility index (Phi) is 7.20. The van der Waals surface area contributed by atoms with Crippen LogP contribution in [0.1, 0.15) is 16.7 Å². The van der Waals surface area contributed by atoms with Crippen LogP contribution in [0.2, 0.25) is 5.02 Å². The first kappa shape index (κ1) is 24.3. The lowest BCUT2D eigenvalue weighted by atomic mass is 9.83. The lowest BCUT2D eigenvalue weighted by molar-refractivity contribution is -0.384. The number of benzene rings is 3. The van der Waals surface area contributed by atoms with Gasteiger partial charge in [0.15, 0.2) is 0 Å². The molecule has 0 spiro atoms. The van der Waals surface area contributed by atoms with Crippen molar-refractivity contribution in [3.8, 4) is 0 Å². The summed E-state index contributed by atoms with van der Waals surface area (Å²) in [5.41, 5.74) is 4.30. The first-order chi connectivity index (χ1) is 17.5. The second kappa shape index (κ2) is 10.7. The van der Waals surface area contributed by atoms with Gasteiger partial charge in [0, 0.05) is 55.6 Å². The van der Waals surface area contributed by atoms with Crippen molar-refractivity contribution in [2.24, 2.45) is 5.92 Å². The number of carbonyl (C=O) groups excluding carboxylic acids is 1. The van der Waals surface area contributed by atoms with Crippen LogP contribution in [-0.2, 0) is 24.2 Å². The molecule has 8 heteroatoms. The number of halogens is 1. The molecule has 2 heterocycles. The second-order valence-electron chi connectivity index (χ2n) is 9.53. The Hall–Kier alpha value is -3.42. The van der Waals surface area contributed by atoms with E-state index in [1.807, 2.05) is 48.5 Å². The molecule has 0 unspecified atom stereocenters. The van der Waals surface area contributed by atoms with Crippen molar-refractivity contribution >= 4 is 28.9 Å². The first-order valence-corrected chi connectivity index (χ1v) is 12.7. The normalized spacial score (nSPS) is 19.3. The van der Waals surface area contributed by atoms with Crippen molar-refractivity contribution in [1.82, 2.24) is 10.2 Å². The highest BCUT2D eigenvalue weighted by atomic mass is 35.5. The SMILES string of the molecule is O=C(NCCc1ccccc1)[C@@H]1Cc2cc([N+](=O)[O-])ccc2N2CCN(Cc3ccc(Cl)cc3)C[C@H]12. The maximum atomic E-state index is 13.5. The Labute approximate surface area is 215 Å². The van der Waals surface area contributed by atoms with E-state index >= 15 is 0 Å². The van der Waals surface area contributed by atoms with Crippen molar-refractivity contribution in [2.45, 2.75) is 25.4 Å². The lowest BCUT2D eigenvalue weighted by Gasteiger charge is -2.49. The highest BCUT2D eigenvalue weighted by Gasteiger charge is 2.41. The fraction of sp³-hybridized carbons (Fsp3) is 0.321. The Bertz CT molecular complexity index is 1240. The zero-order chi connectivity index (χ0) is 25.1. The van der Waals surface area contributed by atoms with E-state index in [4.69, 9.17) is 11.6 Å². The molecule has 3 aromatic rings. The Morgan fingerprint density at radius 3 is 2.56 bits per heavy atom. The Morgan fingerprint density at radius 2 is 1.81 bits per heavy atom. The minimum atomic E-state index is -0.370. The maximum absolute atomic E-state index is 13.5. The largest absolute Gasteiger partial charge is 0.365 e. The van der Waals surface area contributed by atoms with E-state index in [0.29, 0.717) is 18.0 Å². The predicted octanol–water partition coefficient (Wildman–Crippen LogP) is 4.47. The molecule has 36 heavy (non-hydrogen) atoms. The first-order valence-electron chi connectivity index (χ1n) is 12.3. The smallest absolute Gasteiger partial charge is 0.269 e. The molecule has 7 nitrogen and oxygen atoms in total.